The van der Waals surface area contributed by atoms with Crippen molar-refractivity contribution in [3.8, 4) is 0 Å². The fourth-order valence-electron chi connectivity index (χ4n) is 1.68. The van der Waals surface area contributed by atoms with Crippen LogP contribution in [0.2, 0.25) is 0 Å². The molecule has 0 unspecified atom stereocenters. The zero-order valence-electron chi connectivity index (χ0n) is 10.1. The number of carboxylic acid groups (broad SMARTS) is 1. The van der Waals surface area contributed by atoms with Crippen LogP contribution in [0.15, 0.2) is 40.8 Å². The van der Waals surface area contributed by atoms with Crippen LogP contribution < -0.4 is 0 Å². The van der Waals surface area contributed by atoms with E-state index in [1.165, 1.54) is 5.56 Å². The minimum atomic E-state index is -1.01. The Kier molecular flexibility index (Phi) is 4.10. The number of furan rings is 1. The highest BCUT2D eigenvalue weighted by Crippen LogP contribution is 2.22. The number of benzene rings is 1. The minimum Gasteiger partial charge on any atom is -0.475 e. The van der Waals surface area contributed by atoms with E-state index in [1.54, 1.807) is 24.8 Å². The lowest BCUT2D eigenvalue weighted by Gasteiger charge is -1.99. The van der Waals surface area contributed by atoms with Crippen LogP contribution >= 0.6 is 11.8 Å². The highest BCUT2D eigenvalue weighted by atomic mass is 32.2. The second-order valence-electron chi connectivity index (χ2n) is 4.01. The number of hydrogen-bond acceptors (Lipinski definition) is 3. The normalized spacial score (nSPS) is 10.5. The van der Waals surface area contributed by atoms with Gasteiger partial charge in [0.1, 0.15) is 5.76 Å². The Hall–Kier alpha value is -1.68. The van der Waals surface area contributed by atoms with Gasteiger partial charge in [0.25, 0.3) is 0 Å². The van der Waals surface area contributed by atoms with Gasteiger partial charge in [-0.1, -0.05) is 30.3 Å². The molecule has 0 saturated heterocycles. The quantitative estimate of drug-likeness (QED) is 0.892. The van der Waals surface area contributed by atoms with Crippen LogP contribution in [-0.4, -0.2) is 11.1 Å². The summed E-state index contributed by atoms with van der Waals surface area (Å²) < 4.78 is 5.29. The topological polar surface area (TPSA) is 50.4 Å². The van der Waals surface area contributed by atoms with E-state index in [2.05, 4.69) is 12.1 Å². The van der Waals surface area contributed by atoms with E-state index < -0.39 is 5.97 Å². The third-order valence-corrected chi connectivity index (χ3v) is 3.55. The molecule has 2 aromatic rings. The number of hydrogen-bond donors (Lipinski definition) is 1. The lowest BCUT2D eigenvalue weighted by Crippen LogP contribution is -1.94. The van der Waals surface area contributed by atoms with Gasteiger partial charge in [0.05, 0.1) is 5.75 Å². The van der Waals surface area contributed by atoms with Crippen molar-refractivity contribution in [2.45, 2.75) is 18.4 Å². The molecule has 0 aliphatic heterocycles. The molecular weight excluding hydrogens is 248 g/mol. The highest BCUT2D eigenvalue weighted by molar-refractivity contribution is 7.97. The summed E-state index contributed by atoms with van der Waals surface area (Å²) in [4.78, 5) is 10.8. The maximum Gasteiger partial charge on any atom is 0.372 e. The van der Waals surface area contributed by atoms with Gasteiger partial charge < -0.3 is 9.52 Å². The van der Waals surface area contributed by atoms with Crippen LogP contribution in [0.25, 0.3) is 0 Å². The standard InChI is InChI=1S/C14H14O3S/c1-10-7-12(17-13(10)14(15)16)9-18-8-11-5-3-2-4-6-11/h2-7H,8-9H2,1H3,(H,15,16). The van der Waals surface area contributed by atoms with Crippen molar-refractivity contribution in [3.63, 3.8) is 0 Å². The molecule has 1 aromatic heterocycles. The number of thioether (sulfide) groups is 1. The predicted molar refractivity (Wildman–Crippen MR) is 71.8 cm³/mol. The molecule has 0 amide bonds. The van der Waals surface area contributed by atoms with E-state index in [4.69, 9.17) is 9.52 Å². The molecule has 0 fully saturated rings. The maximum absolute atomic E-state index is 10.8. The van der Waals surface area contributed by atoms with E-state index in [-0.39, 0.29) is 5.76 Å². The predicted octanol–water partition coefficient (Wildman–Crippen LogP) is 3.72. The maximum atomic E-state index is 10.8. The molecule has 94 valence electrons. The van der Waals surface area contributed by atoms with Crippen LogP contribution in [0.5, 0.6) is 0 Å². The number of carboxylic acids is 1. The first-order chi connectivity index (χ1) is 8.66. The van der Waals surface area contributed by atoms with Gasteiger partial charge in [0, 0.05) is 11.3 Å². The van der Waals surface area contributed by atoms with Crippen LogP contribution in [0.1, 0.15) is 27.4 Å². The smallest absolute Gasteiger partial charge is 0.372 e. The van der Waals surface area contributed by atoms with Crippen LogP contribution in [-0.2, 0) is 11.5 Å². The van der Waals surface area contributed by atoms with Crippen molar-refractivity contribution in [2.75, 3.05) is 0 Å². The van der Waals surface area contributed by atoms with E-state index >= 15 is 0 Å². The average Bonchev–Trinajstić information content (AvgIpc) is 2.72. The molecule has 3 nitrogen and oxygen atoms in total. The molecule has 0 spiro atoms. The number of aryl methyl sites for hydroxylation is 1. The first-order valence-electron chi connectivity index (χ1n) is 5.61. The molecule has 2 rings (SSSR count). The van der Waals surface area contributed by atoms with Gasteiger partial charge in [-0.2, -0.15) is 0 Å². The van der Waals surface area contributed by atoms with Gasteiger partial charge >= 0.3 is 5.97 Å². The van der Waals surface area contributed by atoms with E-state index in [9.17, 15) is 4.79 Å². The fraction of sp³-hybridized carbons (Fsp3) is 0.214. The third-order valence-electron chi connectivity index (χ3n) is 2.52. The summed E-state index contributed by atoms with van der Waals surface area (Å²) in [6, 6.07) is 11.9. The van der Waals surface area contributed by atoms with Gasteiger partial charge in [0.2, 0.25) is 5.76 Å². The van der Waals surface area contributed by atoms with Crippen molar-refractivity contribution >= 4 is 17.7 Å². The van der Waals surface area contributed by atoms with Crippen molar-refractivity contribution in [2.24, 2.45) is 0 Å². The lowest BCUT2D eigenvalue weighted by atomic mass is 10.2. The van der Waals surface area contributed by atoms with Gasteiger partial charge in [-0.3, -0.25) is 0 Å². The monoisotopic (exact) mass is 262 g/mol. The zero-order chi connectivity index (χ0) is 13.0. The Morgan fingerprint density at radius 1 is 1.28 bits per heavy atom. The van der Waals surface area contributed by atoms with Crippen LogP contribution in [0.4, 0.5) is 0 Å². The van der Waals surface area contributed by atoms with E-state index in [1.807, 2.05) is 18.2 Å². The molecule has 0 aliphatic carbocycles. The minimum absolute atomic E-state index is 0.0466. The van der Waals surface area contributed by atoms with Crippen LogP contribution in [0, 0.1) is 6.92 Å². The molecular formula is C14H14O3S. The Balaban J connectivity index is 1.91. The number of aromatic carboxylic acids is 1. The molecule has 4 heteroatoms. The fourth-order valence-corrected chi connectivity index (χ4v) is 2.55. The summed E-state index contributed by atoms with van der Waals surface area (Å²) in [5, 5.41) is 8.88. The van der Waals surface area contributed by atoms with Crippen molar-refractivity contribution in [3.05, 3.63) is 59.0 Å². The zero-order valence-corrected chi connectivity index (χ0v) is 10.9. The third kappa shape index (κ3) is 3.17. The number of carbonyl (C=O) groups is 1. The molecule has 0 aliphatic rings. The molecule has 0 atom stereocenters. The average molecular weight is 262 g/mol. The molecule has 0 radical (unpaired) electrons. The summed E-state index contributed by atoms with van der Waals surface area (Å²) in [5.41, 5.74) is 1.93. The van der Waals surface area contributed by atoms with E-state index in [0.717, 1.165) is 5.75 Å². The Bertz CT molecular complexity index is 531. The molecule has 1 heterocycles. The lowest BCUT2D eigenvalue weighted by molar-refractivity contribution is 0.0659. The van der Waals surface area contributed by atoms with Crippen molar-refractivity contribution in [1.82, 2.24) is 0 Å². The second-order valence-corrected chi connectivity index (χ2v) is 4.99. The first-order valence-corrected chi connectivity index (χ1v) is 6.76. The molecule has 0 bridgehead atoms. The van der Waals surface area contributed by atoms with Gasteiger partial charge in [0.15, 0.2) is 0 Å². The molecule has 1 aromatic carbocycles. The molecule has 18 heavy (non-hydrogen) atoms. The Morgan fingerprint density at radius 3 is 2.61 bits per heavy atom. The number of rotatable bonds is 5. The first kappa shape index (κ1) is 12.8. The highest BCUT2D eigenvalue weighted by Gasteiger charge is 2.13. The largest absolute Gasteiger partial charge is 0.475 e. The van der Waals surface area contributed by atoms with Gasteiger partial charge in [-0.15, -0.1) is 11.8 Å². The van der Waals surface area contributed by atoms with Crippen LogP contribution in [0.3, 0.4) is 0 Å². The summed E-state index contributed by atoms with van der Waals surface area (Å²) >= 11 is 1.71. The van der Waals surface area contributed by atoms with Gasteiger partial charge in [-0.05, 0) is 18.6 Å². The van der Waals surface area contributed by atoms with Crippen molar-refractivity contribution in [1.29, 1.82) is 0 Å². The second kappa shape index (κ2) is 5.78. The summed E-state index contributed by atoms with van der Waals surface area (Å²) in [6.45, 7) is 1.75. The van der Waals surface area contributed by atoms with Crippen molar-refractivity contribution < 1.29 is 14.3 Å². The van der Waals surface area contributed by atoms with Gasteiger partial charge in [-0.25, -0.2) is 4.79 Å². The Labute approximate surface area is 110 Å². The summed E-state index contributed by atoms with van der Waals surface area (Å²) in [6.07, 6.45) is 0. The summed E-state index contributed by atoms with van der Waals surface area (Å²) in [7, 11) is 0. The Morgan fingerprint density at radius 2 is 2.00 bits per heavy atom. The molecule has 0 saturated carbocycles. The van der Waals surface area contributed by atoms with E-state index in [0.29, 0.717) is 17.1 Å². The summed E-state index contributed by atoms with van der Waals surface area (Å²) in [5.74, 6) is 1.33. The molecule has 1 N–H and O–H groups in total. The SMILES string of the molecule is Cc1cc(CSCc2ccccc2)oc1C(=O)O.